The van der Waals surface area contributed by atoms with E-state index in [1.54, 1.807) is 6.20 Å². The molecule has 20 heavy (non-hydrogen) atoms. The van der Waals surface area contributed by atoms with Gasteiger partial charge in [-0.1, -0.05) is 12.1 Å². The zero-order valence-electron chi connectivity index (χ0n) is 11.6. The number of rotatable bonds is 4. The van der Waals surface area contributed by atoms with Crippen molar-refractivity contribution >= 4 is 0 Å². The number of hydrogen-bond donors (Lipinski definition) is 1. The number of aromatic nitrogens is 1. The minimum atomic E-state index is 0.197. The summed E-state index contributed by atoms with van der Waals surface area (Å²) in [7, 11) is 0. The van der Waals surface area contributed by atoms with Crippen LogP contribution in [-0.2, 0) is 12.8 Å². The molecule has 0 fully saturated rings. The van der Waals surface area contributed by atoms with Gasteiger partial charge in [0.25, 0.3) is 0 Å². The molecule has 1 atom stereocenters. The summed E-state index contributed by atoms with van der Waals surface area (Å²) in [6.45, 7) is 0.677. The molecule has 0 spiro atoms. The average Bonchev–Trinajstić information content (AvgIpc) is 2.48. The largest absolute Gasteiger partial charge is 0.493 e. The van der Waals surface area contributed by atoms with E-state index >= 15 is 0 Å². The van der Waals surface area contributed by atoms with E-state index in [0.29, 0.717) is 6.61 Å². The second-order valence-corrected chi connectivity index (χ2v) is 5.32. The first-order valence-corrected chi connectivity index (χ1v) is 7.23. The maximum absolute atomic E-state index is 6.12. The van der Waals surface area contributed by atoms with Crippen LogP contribution in [0.15, 0.2) is 42.7 Å². The molecule has 0 radical (unpaired) electrons. The number of fused-ring (bicyclic) bond motifs is 1. The molecule has 0 amide bonds. The normalized spacial score (nSPS) is 17.6. The van der Waals surface area contributed by atoms with Crippen LogP contribution in [0.2, 0.25) is 0 Å². The van der Waals surface area contributed by atoms with E-state index in [-0.39, 0.29) is 6.04 Å². The van der Waals surface area contributed by atoms with Gasteiger partial charge >= 0.3 is 0 Å². The van der Waals surface area contributed by atoms with Crippen molar-refractivity contribution in [2.75, 3.05) is 6.61 Å². The van der Waals surface area contributed by atoms with Crippen molar-refractivity contribution in [3.05, 3.63) is 59.4 Å². The van der Waals surface area contributed by atoms with E-state index in [1.165, 1.54) is 23.1 Å². The van der Waals surface area contributed by atoms with E-state index in [1.807, 2.05) is 18.3 Å². The molecule has 3 heteroatoms. The van der Waals surface area contributed by atoms with Crippen molar-refractivity contribution in [3.63, 3.8) is 0 Å². The molecule has 3 rings (SSSR count). The highest BCUT2D eigenvalue weighted by Crippen LogP contribution is 2.30. The smallest absolute Gasteiger partial charge is 0.119 e. The quantitative estimate of drug-likeness (QED) is 0.927. The molecule has 104 valence electrons. The Bertz CT molecular complexity index is 568. The maximum Gasteiger partial charge on any atom is 0.119 e. The molecular formula is C17H20N2O. The molecule has 0 saturated carbocycles. The fourth-order valence-corrected chi connectivity index (χ4v) is 2.75. The summed E-state index contributed by atoms with van der Waals surface area (Å²) in [5.74, 6) is 0.946. The molecule has 1 aliphatic rings. The number of aryl methyl sites for hydroxylation is 1. The Morgan fingerprint density at radius 3 is 3.10 bits per heavy atom. The molecule has 1 aromatic heterocycles. The second-order valence-electron chi connectivity index (χ2n) is 5.32. The fraction of sp³-hybridized carbons (Fsp3) is 0.353. The zero-order chi connectivity index (χ0) is 13.8. The summed E-state index contributed by atoms with van der Waals surface area (Å²) < 4.78 is 5.84. The second kappa shape index (κ2) is 6.06. The highest BCUT2D eigenvalue weighted by molar-refractivity contribution is 5.38. The highest BCUT2D eigenvalue weighted by Gasteiger charge is 2.16. The van der Waals surface area contributed by atoms with Crippen molar-refractivity contribution in [2.24, 2.45) is 5.73 Å². The average molecular weight is 268 g/mol. The van der Waals surface area contributed by atoms with Gasteiger partial charge in [-0.25, -0.2) is 0 Å². The van der Waals surface area contributed by atoms with Gasteiger partial charge in [0.05, 0.1) is 6.61 Å². The predicted molar refractivity (Wildman–Crippen MR) is 79.7 cm³/mol. The van der Waals surface area contributed by atoms with E-state index in [4.69, 9.17) is 10.5 Å². The number of nitrogens with zero attached hydrogens (tertiary/aromatic N) is 1. The van der Waals surface area contributed by atoms with Crippen LogP contribution in [-0.4, -0.2) is 11.6 Å². The van der Waals surface area contributed by atoms with Crippen LogP contribution in [0.3, 0.4) is 0 Å². The molecule has 1 aliphatic carbocycles. The van der Waals surface area contributed by atoms with Crippen LogP contribution in [0.25, 0.3) is 0 Å². The summed E-state index contributed by atoms with van der Waals surface area (Å²) in [4.78, 5) is 4.11. The molecule has 0 aliphatic heterocycles. The minimum Gasteiger partial charge on any atom is -0.493 e. The molecule has 0 bridgehead atoms. The number of pyridine rings is 1. The van der Waals surface area contributed by atoms with Gasteiger partial charge in [0, 0.05) is 24.9 Å². The van der Waals surface area contributed by atoms with Crippen molar-refractivity contribution < 1.29 is 4.74 Å². The molecule has 0 saturated heterocycles. The fourth-order valence-electron chi connectivity index (χ4n) is 2.75. The summed E-state index contributed by atoms with van der Waals surface area (Å²) >= 11 is 0. The standard InChI is InChI=1S/C17H20N2O/c18-17-5-1-4-14-11-15(6-7-16(14)17)20-10-8-13-3-2-9-19-12-13/h2-3,6-7,9,11-12,17H,1,4-5,8,10,18H2. The number of hydrogen-bond acceptors (Lipinski definition) is 3. The lowest BCUT2D eigenvalue weighted by molar-refractivity contribution is 0.321. The summed E-state index contributed by atoms with van der Waals surface area (Å²) in [6, 6.07) is 10.5. The molecule has 2 aromatic rings. The molecule has 1 aromatic carbocycles. The Morgan fingerprint density at radius 2 is 2.25 bits per heavy atom. The first-order valence-electron chi connectivity index (χ1n) is 7.23. The molecular weight excluding hydrogens is 248 g/mol. The third-order valence-electron chi connectivity index (χ3n) is 3.86. The van der Waals surface area contributed by atoms with Crippen LogP contribution in [0.5, 0.6) is 5.75 Å². The Morgan fingerprint density at radius 1 is 1.30 bits per heavy atom. The van der Waals surface area contributed by atoms with E-state index < -0.39 is 0 Å². The monoisotopic (exact) mass is 268 g/mol. The maximum atomic E-state index is 6.12. The number of nitrogens with two attached hydrogens (primary N) is 1. The SMILES string of the molecule is NC1CCCc2cc(OCCc3cccnc3)ccc21. The van der Waals surface area contributed by atoms with Gasteiger partial charge in [0.1, 0.15) is 5.75 Å². The zero-order valence-corrected chi connectivity index (χ0v) is 11.6. The van der Waals surface area contributed by atoms with Gasteiger partial charge in [0.15, 0.2) is 0 Å². The third kappa shape index (κ3) is 2.99. The van der Waals surface area contributed by atoms with Crippen LogP contribution in [0.4, 0.5) is 0 Å². The van der Waals surface area contributed by atoms with Gasteiger partial charge in [-0.2, -0.15) is 0 Å². The van der Waals surface area contributed by atoms with Gasteiger partial charge in [-0.15, -0.1) is 0 Å². The topological polar surface area (TPSA) is 48.1 Å². The summed E-state index contributed by atoms with van der Waals surface area (Å²) in [5, 5.41) is 0. The van der Waals surface area contributed by atoms with Crippen molar-refractivity contribution in [1.82, 2.24) is 4.98 Å². The van der Waals surface area contributed by atoms with Crippen LogP contribution in [0.1, 0.15) is 35.6 Å². The van der Waals surface area contributed by atoms with Crippen LogP contribution in [0, 0.1) is 0 Å². The lowest BCUT2D eigenvalue weighted by Crippen LogP contribution is -2.17. The molecule has 3 nitrogen and oxygen atoms in total. The van der Waals surface area contributed by atoms with E-state index in [2.05, 4.69) is 23.2 Å². The van der Waals surface area contributed by atoms with E-state index in [0.717, 1.165) is 25.0 Å². The van der Waals surface area contributed by atoms with Crippen LogP contribution >= 0.6 is 0 Å². The van der Waals surface area contributed by atoms with Crippen LogP contribution < -0.4 is 10.5 Å². The lowest BCUT2D eigenvalue weighted by Gasteiger charge is -2.22. The van der Waals surface area contributed by atoms with Gasteiger partial charge in [0.2, 0.25) is 0 Å². The first-order chi connectivity index (χ1) is 9.83. The third-order valence-corrected chi connectivity index (χ3v) is 3.86. The van der Waals surface area contributed by atoms with E-state index in [9.17, 15) is 0 Å². The molecule has 1 unspecified atom stereocenters. The lowest BCUT2D eigenvalue weighted by atomic mass is 9.88. The minimum absolute atomic E-state index is 0.197. The van der Waals surface area contributed by atoms with Gasteiger partial charge in [-0.3, -0.25) is 4.98 Å². The first kappa shape index (κ1) is 13.1. The summed E-state index contributed by atoms with van der Waals surface area (Å²) in [5.41, 5.74) is 9.96. The van der Waals surface area contributed by atoms with Gasteiger partial charge in [-0.05, 0) is 54.2 Å². The molecule has 1 heterocycles. The Hall–Kier alpha value is -1.87. The van der Waals surface area contributed by atoms with Gasteiger partial charge < -0.3 is 10.5 Å². The summed E-state index contributed by atoms with van der Waals surface area (Å²) in [6.07, 6.45) is 7.93. The number of benzene rings is 1. The Balaban J connectivity index is 1.61. The highest BCUT2D eigenvalue weighted by atomic mass is 16.5. The van der Waals surface area contributed by atoms with Crippen molar-refractivity contribution in [2.45, 2.75) is 31.7 Å². The number of ether oxygens (including phenoxy) is 1. The van der Waals surface area contributed by atoms with Crippen molar-refractivity contribution in [1.29, 1.82) is 0 Å². The Kier molecular flexibility index (Phi) is 3.97. The Labute approximate surface area is 119 Å². The molecule has 2 N–H and O–H groups in total. The van der Waals surface area contributed by atoms with Crippen molar-refractivity contribution in [3.8, 4) is 5.75 Å². The predicted octanol–water partition coefficient (Wildman–Crippen LogP) is 3.04.